The van der Waals surface area contributed by atoms with Gasteiger partial charge in [-0.05, 0) is 30.5 Å². The zero-order valence-corrected chi connectivity index (χ0v) is 12.2. The SMILES string of the molecule is COc1ccc(CCN2C(=O)N[C@@H](CCC(=O)O)C2=O)cc1. The third-order valence-corrected chi connectivity index (χ3v) is 3.54. The highest BCUT2D eigenvalue weighted by Crippen LogP contribution is 2.15. The third-order valence-electron chi connectivity index (χ3n) is 3.54. The predicted octanol–water partition coefficient (Wildman–Crippen LogP) is 1.02. The van der Waals surface area contributed by atoms with Crippen LogP contribution in [0, 0.1) is 0 Å². The lowest BCUT2D eigenvalue weighted by Gasteiger charge is -2.13. The van der Waals surface area contributed by atoms with Gasteiger partial charge in [0.1, 0.15) is 11.8 Å². The van der Waals surface area contributed by atoms with Crippen molar-refractivity contribution in [1.29, 1.82) is 0 Å². The van der Waals surface area contributed by atoms with Gasteiger partial charge in [0.05, 0.1) is 7.11 Å². The molecular weight excluding hydrogens is 288 g/mol. The van der Waals surface area contributed by atoms with Crippen LogP contribution in [0.25, 0.3) is 0 Å². The topological polar surface area (TPSA) is 95.9 Å². The van der Waals surface area contributed by atoms with E-state index in [4.69, 9.17) is 9.84 Å². The van der Waals surface area contributed by atoms with Crippen LogP contribution in [-0.2, 0) is 16.0 Å². The Kier molecular flexibility index (Phi) is 4.98. The van der Waals surface area contributed by atoms with Crippen LogP contribution in [0.2, 0.25) is 0 Å². The second kappa shape index (κ2) is 6.93. The number of ether oxygens (including phenoxy) is 1. The minimum absolute atomic E-state index is 0.110. The highest BCUT2D eigenvalue weighted by molar-refractivity contribution is 6.04. The lowest BCUT2D eigenvalue weighted by Crippen LogP contribution is -2.33. The number of hydrogen-bond acceptors (Lipinski definition) is 4. The summed E-state index contributed by atoms with van der Waals surface area (Å²) in [5, 5.41) is 11.2. The molecule has 2 rings (SSSR count). The molecule has 0 aliphatic carbocycles. The van der Waals surface area contributed by atoms with Gasteiger partial charge in [-0.2, -0.15) is 0 Å². The Bertz CT molecular complexity index is 570. The van der Waals surface area contributed by atoms with Crippen molar-refractivity contribution in [2.24, 2.45) is 0 Å². The summed E-state index contributed by atoms with van der Waals surface area (Å²) in [6.45, 7) is 0.264. The molecule has 7 heteroatoms. The number of carboxylic acid groups (broad SMARTS) is 1. The van der Waals surface area contributed by atoms with Crippen LogP contribution in [0.3, 0.4) is 0 Å². The van der Waals surface area contributed by atoms with Gasteiger partial charge in [0.15, 0.2) is 0 Å². The molecule has 118 valence electrons. The highest BCUT2D eigenvalue weighted by atomic mass is 16.5. The molecule has 0 saturated carbocycles. The van der Waals surface area contributed by atoms with Crippen LogP contribution in [-0.4, -0.2) is 47.6 Å². The van der Waals surface area contributed by atoms with E-state index < -0.39 is 18.0 Å². The maximum absolute atomic E-state index is 12.1. The maximum atomic E-state index is 12.1. The van der Waals surface area contributed by atoms with Crippen molar-refractivity contribution in [2.75, 3.05) is 13.7 Å². The van der Waals surface area contributed by atoms with E-state index in [0.29, 0.717) is 6.42 Å². The molecule has 0 spiro atoms. The number of carbonyl (C=O) groups is 3. The molecule has 1 aromatic carbocycles. The Morgan fingerprint density at radius 2 is 2.00 bits per heavy atom. The van der Waals surface area contributed by atoms with E-state index in [-0.39, 0.29) is 25.3 Å². The van der Waals surface area contributed by atoms with Crippen molar-refractivity contribution in [3.63, 3.8) is 0 Å². The molecule has 1 heterocycles. The first-order valence-corrected chi connectivity index (χ1v) is 6.98. The summed E-state index contributed by atoms with van der Waals surface area (Å²) in [7, 11) is 1.58. The molecule has 1 saturated heterocycles. The first kappa shape index (κ1) is 15.8. The molecule has 7 nitrogen and oxygen atoms in total. The fraction of sp³-hybridized carbons (Fsp3) is 0.400. The number of benzene rings is 1. The second-order valence-corrected chi connectivity index (χ2v) is 5.02. The number of nitrogens with zero attached hydrogens (tertiary/aromatic N) is 1. The molecule has 22 heavy (non-hydrogen) atoms. The number of urea groups is 1. The molecule has 0 bridgehead atoms. The van der Waals surface area contributed by atoms with Crippen LogP contribution in [0.5, 0.6) is 5.75 Å². The van der Waals surface area contributed by atoms with E-state index >= 15 is 0 Å². The summed E-state index contributed by atoms with van der Waals surface area (Å²) in [6.07, 6.45) is 0.497. The number of rotatable bonds is 7. The van der Waals surface area contributed by atoms with E-state index in [1.807, 2.05) is 24.3 Å². The number of amides is 3. The van der Waals surface area contributed by atoms with Crippen molar-refractivity contribution in [1.82, 2.24) is 10.2 Å². The molecular formula is C15H18N2O5. The monoisotopic (exact) mass is 306 g/mol. The molecule has 1 aromatic rings. The summed E-state index contributed by atoms with van der Waals surface area (Å²) >= 11 is 0. The molecule has 1 aliphatic rings. The Labute approximate surface area is 127 Å². The number of nitrogens with one attached hydrogen (secondary N) is 1. The average molecular weight is 306 g/mol. The van der Waals surface area contributed by atoms with E-state index in [2.05, 4.69) is 5.32 Å². The third kappa shape index (κ3) is 3.75. The number of methoxy groups -OCH3 is 1. The first-order valence-electron chi connectivity index (χ1n) is 6.98. The minimum atomic E-state index is -0.987. The van der Waals surface area contributed by atoms with Crippen molar-refractivity contribution < 1.29 is 24.2 Å². The Balaban J connectivity index is 1.90. The number of carboxylic acids is 1. The molecule has 1 fully saturated rings. The van der Waals surface area contributed by atoms with Crippen LogP contribution in [0.4, 0.5) is 4.79 Å². The lowest BCUT2D eigenvalue weighted by molar-refractivity contribution is -0.137. The van der Waals surface area contributed by atoms with Crippen LogP contribution >= 0.6 is 0 Å². The molecule has 3 amide bonds. The van der Waals surface area contributed by atoms with Gasteiger partial charge in [-0.15, -0.1) is 0 Å². The molecule has 0 unspecified atom stereocenters. The van der Waals surface area contributed by atoms with Crippen LogP contribution in [0.1, 0.15) is 18.4 Å². The van der Waals surface area contributed by atoms with Gasteiger partial charge < -0.3 is 15.2 Å². The molecule has 0 aromatic heterocycles. The van der Waals surface area contributed by atoms with Gasteiger partial charge in [0.2, 0.25) is 0 Å². The quantitative estimate of drug-likeness (QED) is 0.733. The van der Waals surface area contributed by atoms with Gasteiger partial charge in [-0.3, -0.25) is 14.5 Å². The highest BCUT2D eigenvalue weighted by Gasteiger charge is 2.37. The van der Waals surface area contributed by atoms with E-state index in [1.54, 1.807) is 7.11 Å². The van der Waals surface area contributed by atoms with E-state index in [1.165, 1.54) is 0 Å². The van der Waals surface area contributed by atoms with Gasteiger partial charge in [0, 0.05) is 13.0 Å². The fourth-order valence-electron chi connectivity index (χ4n) is 2.29. The molecule has 2 N–H and O–H groups in total. The largest absolute Gasteiger partial charge is 0.497 e. The normalized spacial score (nSPS) is 17.5. The number of carbonyl (C=O) groups excluding carboxylic acids is 2. The van der Waals surface area contributed by atoms with Gasteiger partial charge in [-0.1, -0.05) is 12.1 Å². The predicted molar refractivity (Wildman–Crippen MR) is 77.6 cm³/mol. The standard InChI is InChI=1S/C15H18N2O5/c1-22-11-4-2-10(3-5-11)8-9-17-14(20)12(16-15(17)21)6-7-13(18)19/h2-5,12H,6-9H2,1H3,(H,16,21)(H,18,19)/t12-/m0/s1. The first-order chi connectivity index (χ1) is 10.5. The van der Waals surface area contributed by atoms with E-state index in [0.717, 1.165) is 16.2 Å². The van der Waals surface area contributed by atoms with Crippen molar-refractivity contribution in [3.05, 3.63) is 29.8 Å². The van der Waals surface area contributed by atoms with Crippen molar-refractivity contribution in [2.45, 2.75) is 25.3 Å². The number of hydrogen-bond donors (Lipinski definition) is 2. The molecule has 0 radical (unpaired) electrons. The summed E-state index contributed by atoms with van der Waals surface area (Å²) in [5.74, 6) is -0.606. The van der Waals surface area contributed by atoms with Crippen molar-refractivity contribution in [3.8, 4) is 5.75 Å². The number of aliphatic carboxylic acids is 1. The minimum Gasteiger partial charge on any atom is -0.497 e. The van der Waals surface area contributed by atoms with E-state index in [9.17, 15) is 14.4 Å². The summed E-state index contributed by atoms with van der Waals surface area (Å²) in [6, 6.07) is 6.18. The zero-order chi connectivity index (χ0) is 16.1. The zero-order valence-electron chi connectivity index (χ0n) is 12.2. The maximum Gasteiger partial charge on any atom is 0.324 e. The van der Waals surface area contributed by atoms with Gasteiger partial charge in [-0.25, -0.2) is 4.79 Å². The smallest absolute Gasteiger partial charge is 0.324 e. The molecule has 1 atom stereocenters. The van der Waals surface area contributed by atoms with Gasteiger partial charge >= 0.3 is 12.0 Å². The summed E-state index contributed by atoms with van der Waals surface area (Å²) < 4.78 is 5.06. The second-order valence-electron chi connectivity index (χ2n) is 5.02. The van der Waals surface area contributed by atoms with Crippen LogP contribution < -0.4 is 10.1 Å². The summed E-state index contributed by atoms with van der Waals surface area (Å²) in [5.41, 5.74) is 0.982. The van der Waals surface area contributed by atoms with Crippen molar-refractivity contribution >= 4 is 17.9 Å². The lowest BCUT2D eigenvalue weighted by atomic mass is 10.1. The van der Waals surface area contributed by atoms with Crippen LogP contribution in [0.15, 0.2) is 24.3 Å². The summed E-state index contributed by atoms with van der Waals surface area (Å²) in [4.78, 5) is 35.5. The Morgan fingerprint density at radius 1 is 1.32 bits per heavy atom. The van der Waals surface area contributed by atoms with Gasteiger partial charge in [0.25, 0.3) is 5.91 Å². The Hall–Kier alpha value is -2.57. The Morgan fingerprint density at radius 3 is 2.59 bits per heavy atom. The average Bonchev–Trinajstić information content (AvgIpc) is 2.78. The molecule has 1 aliphatic heterocycles. The fourth-order valence-corrected chi connectivity index (χ4v) is 2.29. The number of imide groups is 1.